The Balaban J connectivity index is 1.25. The van der Waals surface area contributed by atoms with E-state index < -0.39 is 5.69 Å². The number of thioether (sulfide) groups is 1. The minimum Gasteiger partial charge on any atom is -0.347 e. The molecule has 0 unspecified atom stereocenters. The highest BCUT2D eigenvalue weighted by molar-refractivity contribution is 7.98. The van der Waals surface area contributed by atoms with Crippen LogP contribution in [0.1, 0.15) is 17.7 Å². The van der Waals surface area contributed by atoms with E-state index in [1.807, 2.05) is 4.90 Å². The number of nitrogens with zero attached hydrogens (tertiary/aromatic N) is 6. The number of carbonyl (C=O) groups excluding carboxylic acids is 2. The number of fused-ring (bicyclic) bond motifs is 1. The lowest BCUT2D eigenvalue weighted by Gasteiger charge is -2.34. The van der Waals surface area contributed by atoms with Gasteiger partial charge in [-0.15, -0.1) is 0 Å². The van der Waals surface area contributed by atoms with E-state index in [0.717, 1.165) is 5.75 Å². The maximum atomic E-state index is 12.5. The van der Waals surface area contributed by atoms with Crippen LogP contribution in [0.15, 0.2) is 22.2 Å². The number of nitrogens with one attached hydrogen (secondary N) is 2. The van der Waals surface area contributed by atoms with Crippen molar-refractivity contribution < 1.29 is 9.59 Å². The van der Waals surface area contributed by atoms with Crippen molar-refractivity contribution in [3.05, 3.63) is 44.8 Å². The number of amides is 2. The summed E-state index contributed by atoms with van der Waals surface area (Å²) >= 11 is 1.64. The van der Waals surface area contributed by atoms with Gasteiger partial charge in [-0.2, -0.15) is 11.8 Å². The summed E-state index contributed by atoms with van der Waals surface area (Å²) in [6.45, 7) is 2.28. The molecule has 0 bridgehead atoms. The normalized spacial score (nSPS) is 15.9. The van der Waals surface area contributed by atoms with Crippen LogP contribution < -0.4 is 21.5 Å². The standard InChI is InChI=1S/C19H24N8O4S/c28-15(1-3-27-14-2-8-32-10-13(14)17(30)24-19(27)31)21-9-16(29)25-4-6-26(7-5-25)18-22-11-20-12-23-18/h11-12H,1-10H2,(H,21,28)(H,24,30,31). The van der Waals surface area contributed by atoms with Crippen molar-refractivity contribution in [3.63, 3.8) is 0 Å². The molecule has 0 saturated carbocycles. The third kappa shape index (κ3) is 4.98. The molecule has 170 valence electrons. The Bertz CT molecular complexity index is 1090. The number of piperazine rings is 1. The Labute approximate surface area is 187 Å². The first-order chi connectivity index (χ1) is 15.5. The molecule has 12 nitrogen and oxygen atoms in total. The molecule has 0 atom stereocenters. The molecule has 4 rings (SSSR count). The molecule has 1 fully saturated rings. The van der Waals surface area contributed by atoms with Crippen LogP contribution >= 0.6 is 11.8 Å². The van der Waals surface area contributed by atoms with E-state index >= 15 is 0 Å². The highest BCUT2D eigenvalue weighted by Crippen LogP contribution is 2.20. The number of H-pyrrole nitrogens is 1. The molecular weight excluding hydrogens is 436 g/mol. The summed E-state index contributed by atoms with van der Waals surface area (Å²) in [6, 6.07) is 0. The van der Waals surface area contributed by atoms with Gasteiger partial charge < -0.3 is 15.1 Å². The zero-order chi connectivity index (χ0) is 22.5. The molecule has 2 aromatic rings. The number of aromatic nitrogens is 5. The third-order valence-electron chi connectivity index (χ3n) is 5.54. The van der Waals surface area contributed by atoms with Gasteiger partial charge in [0.15, 0.2) is 0 Å². The molecule has 0 aliphatic carbocycles. The Morgan fingerprint density at radius 1 is 1.12 bits per heavy atom. The predicted molar refractivity (Wildman–Crippen MR) is 117 cm³/mol. The number of aromatic amines is 1. The fraction of sp³-hybridized carbons (Fsp3) is 0.526. The van der Waals surface area contributed by atoms with Gasteiger partial charge in [0.1, 0.15) is 12.7 Å². The SMILES string of the molecule is O=C(CCn1c2c(c(=O)[nH]c1=O)CSCC2)NCC(=O)N1CCN(c2ncncn2)CC1. The van der Waals surface area contributed by atoms with Gasteiger partial charge in [-0.1, -0.05) is 0 Å². The fourth-order valence-corrected chi connectivity index (χ4v) is 4.79. The van der Waals surface area contributed by atoms with Crippen LogP contribution in [0.5, 0.6) is 0 Å². The van der Waals surface area contributed by atoms with Crippen LogP contribution in [0, 0.1) is 0 Å². The van der Waals surface area contributed by atoms with E-state index in [1.54, 1.807) is 16.7 Å². The van der Waals surface area contributed by atoms with Gasteiger partial charge in [-0.25, -0.2) is 19.7 Å². The highest BCUT2D eigenvalue weighted by Gasteiger charge is 2.23. The maximum absolute atomic E-state index is 12.5. The van der Waals surface area contributed by atoms with Crippen LogP contribution in [-0.4, -0.2) is 79.7 Å². The van der Waals surface area contributed by atoms with E-state index in [0.29, 0.717) is 55.6 Å². The lowest BCUT2D eigenvalue weighted by Crippen LogP contribution is -2.51. The van der Waals surface area contributed by atoms with Gasteiger partial charge in [0, 0.05) is 56.2 Å². The lowest BCUT2D eigenvalue weighted by atomic mass is 10.2. The molecule has 13 heteroatoms. The van der Waals surface area contributed by atoms with E-state index in [1.165, 1.54) is 17.2 Å². The molecule has 4 heterocycles. The molecular formula is C19H24N8O4S. The van der Waals surface area contributed by atoms with E-state index in [9.17, 15) is 19.2 Å². The summed E-state index contributed by atoms with van der Waals surface area (Å²) < 4.78 is 1.47. The third-order valence-corrected chi connectivity index (χ3v) is 6.52. The second kappa shape index (κ2) is 9.94. The van der Waals surface area contributed by atoms with E-state index in [-0.39, 0.29) is 36.9 Å². The molecule has 0 spiro atoms. The fourth-order valence-electron chi connectivity index (χ4n) is 3.81. The Morgan fingerprint density at radius 2 is 1.88 bits per heavy atom. The monoisotopic (exact) mass is 460 g/mol. The van der Waals surface area contributed by atoms with Gasteiger partial charge in [0.25, 0.3) is 5.56 Å². The smallest absolute Gasteiger partial charge is 0.328 e. The van der Waals surface area contributed by atoms with Crippen LogP contribution in [0.4, 0.5) is 5.95 Å². The van der Waals surface area contributed by atoms with Gasteiger partial charge >= 0.3 is 5.69 Å². The van der Waals surface area contributed by atoms with Crippen molar-refractivity contribution in [1.82, 2.24) is 34.7 Å². The average Bonchev–Trinajstić information content (AvgIpc) is 2.83. The van der Waals surface area contributed by atoms with Crippen molar-refractivity contribution in [2.45, 2.75) is 25.1 Å². The highest BCUT2D eigenvalue weighted by atomic mass is 32.2. The van der Waals surface area contributed by atoms with Crippen molar-refractivity contribution in [2.24, 2.45) is 0 Å². The molecule has 32 heavy (non-hydrogen) atoms. The first-order valence-electron chi connectivity index (χ1n) is 10.4. The summed E-state index contributed by atoms with van der Waals surface area (Å²) in [5.74, 6) is 1.49. The molecule has 2 aliphatic rings. The first kappa shape index (κ1) is 22.0. The number of anilines is 1. The van der Waals surface area contributed by atoms with Gasteiger partial charge in [0.2, 0.25) is 17.8 Å². The van der Waals surface area contributed by atoms with Gasteiger partial charge in [0.05, 0.1) is 6.54 Å². The molecule has 2 aromatic heterocycles. The average molecular weight is 461 g/mol. The Morgan fingerprint density at radius 3 is 2.62 bits per heavy atom. The quantitative estimate of drug-likeness (QED) is 0.518. The number of rotatable bonds is 6. The minimum absolute atomic E-state index is 0.0476. The molecule has 2 aliphatic heterocycles. The zero-order valence-electron chi connectivity index (χ0n) is 17.5. The van der Waals surface area contributed by atoms with Crippen molar-refractivity contribution in [3.8, 4) is 0 Å². The summed E-state index contributed by atoms with van der Waals surface area (Å²) in [4.78, 5) is 67.0. The Kier molecular flexibility index (Phi) is 6.83. The second-order valence-electron chi connectivity index (χ2n) is 7.47. The molecule has 0 aromatic carbocycles. The molecule has 2 amide bonds. The summed E-state index contributed by atoms with van der Waals surface area (Å²) in [5.41, 5.74) is 0.463. The van der Waals surface area contributed by atoms with Crippen LogP contribution in [0.25, 0.3) is 0 Å². The van der Waals surface area contributed by atoms with Crippen molar-refractivity contribution in [2.75, 3.05) is 43.4 Å². The minimum atomic E-state index is -0.499. The Hall–Kier alpha value is -3.22. The van der Waals surface area contributed by atoms with Crippen molar-refractivity contribution in [1.29, 1.82) is 0 Å². The number of carbonyl (C=O) groups is 2. The summed E-state index contributed by atoms with van der Waals surface area (Å²) in [7, 11) is 0. The second-order valence-corrected chi connectivity index (χ2v) is 8.58. The molecule has 1 saturated heterocycles. The lowest BCUT2D eigenvalue weighted by molar-refractivity contribution is -0.133. The zero-order valence-corrected chi connectivity index (χ0v) is 18.3. The topological polar surface area (TPSA) is 146 Å². The van der Waals surface area contributed by atoms with E-state index in [4.69, 9.17) is 0 Å². The number of hydrogen-bond donors (Lipinski definition) is 2. The largest absolute Gasteiger partial charge is 0.347 e. The van der Waals surface area contributed by atoms with E-state index in [2.05, 4.69) is 25.3 Å². The van der Waals surface area contributed by atoms with Crippen LogP contribution in [0.3, 0.4) is 0 Å². The molecule has 2 N–H and O–H groups in total. The predicted octanol–water partition coefficient (Wildman–Crippen LogP) is -1.63. The first-order valence-corrected chi connectivity index (χ1v) is 11.5. The van der Waals surface area contributed by atoms with Crippen LogP contribution in [0.2, 0.25) is 0 Å². The van der Waals surface area contributed by atoms with Gasteiger partial charge in [-0.05, 0) is 12.2 Å². The maximum Gasteiger partial charge on any atom is 0.328 e. The molecule has 0 radical (unpaired) electrons. The van der Waals surface area contributed by atoms with Gasteiger partial charge in [-0.3, -0.25) is 23.9 Å². The summed E-state index contributed by atoms with van der Waals surface area (Å²) in [6.07, 6.45) is 3.54. The van der Waals surface area contributed by atoms with Crippen LogP contribution in [-0.2, 0) is 28.3 Å². The number of hydrogen-bond acceptors (Lipinski definition) is 9. The van der Waals surface area contributed by atoms with Crippen molar-refractivity contribution >= 4 is 29.5 Å². The summed E-state index contributed by atoms with van der Waals surface area (Å²) in [5, 5.41) is 2.64.